The quantitative estimate of drug-likeness (QED) is 0.309. The molecule has 38 heavy (non-hydrogen) atoms. The minimum absolute atomic E-state index is 0.0341. The Labute approximate surface area is 219 Å². The molecule has 3 aromatic carbocycles. The molecule has 2 N–H and O–H groups in total. The number of nitrogens with zero attached hydrogens (tertiary/aromatic N) is 3. The van der Waals surface area contributed by atoms with E-state index in [9.17, 15) is 14.0 Å². The van der Waals surface area contributed by atoms with Gasteiger partial charge in [0.2, 0.25) is 11.8 Å². The zero-order valence-corrected chi connectivity index (χ0v) is 21.1. The van der Waals surface area contributed by atoms with Crippen LogP contribution in [0.5, 0.6) is 11.5 Å². The van der Waals surface area contributed by atoms with Crippen LogP contribution in [0.2, 0.25) is 0 Å². The van der Waals surface area contributed by atoms with Crippen LogP contribution in [0.3, 0.4) is 0 Å². The van der Waals surface area contributed by atoms with Crippen molar-refractivity contribution in [1.82, 2.24) is 20.1 Å². The smallest absolute Gasteiger partial charge is 0.249 e. The van der Waals surface area contributed by atoms with Crippen molar-refractivity contribution in [3.05, 3.63) is 102 Å². The molecule has 0 spiro atoms. The van der Waals surface area contributed by atoms with Gasteiger partial charge in [-0.2, -0.15) is 5.10 Å². The van der Waals surface area contributed by atoms with Crippen LogP contribution in [0, 0.1) is 19.7 Å². The Kier molecular flexibility index (Phi) is 8.78. The predicted molar refractivity (Wildman–Crippen MR) is 139 cm³/mol. The number of carbonyl (C=O) groups excluding carboxylic acids is 2. The summed E-state index contributed by atoms with van der Waals surface area (Å²) in [6, 6.07) is 20.9. The Morgan fingerprint density at radius 2 is 1.61 bits per heavy atom. The van der Waals surface area contributed by atoms with E-state index in [1.54, 1.807) is 38.1 Å². The molecule has 9 nitrogen and oxygen atoms in total. The zero-order chi connectivity index (χ0) is 26.9. The lowest BCUT2D eigenvalue weighted by atomic mass is 10.2. The number of nitrogens with one attached hydrogen (secondary N) is 2. The van der Waals surface area contributed by atoms with Crippen LogP contribution in [-0.4, -0.2) is 39.2 Å². The maximum Gasteiger partial charge on any atom is 0.249 e. The number of ether oxygens (including phenoxy) is 2. The lowest BCUT2D eigenvalue weighted by Gasteiger charge is -2.19. The molecular weight excluding hydrogens is 489 g/mol. The van der Waals surface area contributed by atoms with Crippen molar-refractivity contribution in [2.24, 2.45) is 0 Å². The Morgan fingerprint density at radius 1 is 0.947 bits per heavy atom. The third-order valence-corrected chi connectivity index (χ3v) is 5.47. The molecule has 0 saturated carbocycles. The molecule has 0 saturated heterocycles. The lowest BCUT2D eigenvalue weighted by Crippen LogP contribution is -2.47. The molecule has 0 aliphatic carbocycles. The van der Waals surface area contributed by atoms with E-state index in [0.717, 1.165) is 5.56 Å². The Balaban J connectivity index is 1.38. The molecule has 1 atom stereocenters. The van der Waals surface area contributed by atoms with Gasteiger partial charge in [0.25, 0.3) is 0 Å². The molecule has 1 aromatic heterocycles. The fourth-order valence-corrected chi connectivity index (χ4v) is 3.61. The van der Waals surface area contributed by atoms with Crippen molar-refractivity contribution in [3.63, 3.8) is 0 Å². The van der Waals surface area contributed by atoms with E-state index < -0.39 is 17.9 Å². The van der Waals surface area contributed by atoms with E-state index in [4.69, 9.17) is 9.47 Å². The number of hydrogen-bond donors (Lipinski definition) is 2. The predicted octanol–water partition coefficient (Wildman–Crippen LogP) is 4.17. The Bertz CT molecular complexity index is 1360. The average molecular weight is 518 g/mol. The van der Waals surface area contributed by atoms with Crippen LogP contribution in [0.15, 0.2) is 78.9 Å². The molecule has 4 aromatic rings. The summed E-state index contributed by atoms with van der Waals surface area (Å²) < 4.78 is 26.0. The topological polar surface area (TPSA) is 107 Å². The van der Waals surface area contributed by atoms with Gasteiger partial charge in [-0.05, 0) is 67.9 Å². The highest BCUT2D eigenvalue weighted by Crippen LogP contribution is 2.23. The molecule has 1 unspecified atom stereocenters. The molecule has 10 heteroatoms. The average Bonchev–Trinajstić information content (AvgIpc) is 3.22. The first-order chi connectivity index (χ1) is 18.4. The summed E-state index contributed by atoms with van der Waals surface area (Å²) in [6.07, 6.45) is 0. The van der Waals surface area contributed by atoms with E-state index in [0.29, 0.717) is 28.8 Å². The van der Waals surface area contributed by atoms with Crippen LogP contribution >= 0.6 is 0 Å². The normalized spacial score (nSPS) is 11.6. The Morgan fingerprint density at radius 3 is 2.24 bits per heavy atom. The zero-order valence-electron chi connectivity index (χ0n) is 21.1. The van der Waals surface area contributed by atoms with Gasteiger partial charge in [0, 0.05) is 5.69 Å². The maximum atomic E-state index is 13.1. The first kappa shape index (κ1) is 26.5. The van der Waals surface area contributed by atoms with Crippen molar-refractivity contribution >= 4 is 17.5 Å². The standard InChI is InChI=1S/C28H28FN5O4/c1-19-30-20(2)34(33-19)16-27(35)32-26(18-37-17-21-6-4-3-5-7-21)28(36)31-23-10-14-25(15-11-23)38-24-12-8-22(29)9-13-24/h3-15,26H,16-18H2,1-2H3,(H,31,36)(H,32,35). The summed E-state index contributed by atoms with van der Waals surface area (Å²) in [5.41, 5.74) is 1.45. The maximum absolute atomic E-state index is 13.1. The number of benzene rings is 3. The van der Waals surface area contributed by atoms with Gasteiger partial charge in [-0.25, -0.2) is 14.1 Å². The van der Waals surface area contributed by atoms with Gasteiger partial charge in [0.05, 0.1) is 13.2 Å². The number of anilines is 1. The van der Waals surface area contributed by atoms with Gasteiger partial charge >= 0.3 is 0 Å². The summed E-state index contributed by atoms with van der Waals surface area (Å²) in [6.45, 7) is 3.67. The van der Waals surface area contributed by atoms with Crippen molar-refractivity contribution in [2.75, 3.05) is 11.9 Å². The largest absolute Gasteiger partial charge is 0.457 e. The number of rotatable bonds is 11. The SMILES string of the molecule is Cc1nc(C)n(CC(=O)NC(COCc2ccccc2)C(=O)Nc2ccc(Oc3ccc(F)cc3)cc2)n1. The van der Waals surface area contributed by atoms with E-state index in [1.807, 2.05) is 30.3 Å². The second-order valence-corrected chi connectivity index (χ2v) is 8.55. The van der Waals surface area contributed by atoms with E-state index in [-0.39, 0.29) is 25.6 Å². The van der Waals surface area contributed by atoms with Crippen LogP contribution in [0.1, 0.15) is 17.2 Å². The number of hydrogen-bond acceptors (Lipinski definition) is 6. The minimum atomic E-state index is -0.953. The minimum Gasteiger partial charge on any atom is -0.457 e. The Hall–Kier alpha value is -4.57. The second kappa shape index (κ2) is 12.6. The highest BCUT2D eigenvalue weighted by Gasteiger charge is 2.22. The third-order valence-electron chi connectivity index (χ3n) is 5.47. The van der Waals surface area contributed by atoms with Crippen molar-refractivity contribution in [2.45, 2.75) is 33.0 Å². The van der Waals surface area contributed by atoms with Gasteiger partial charge in [0.1, 0.15) is 41.6 Å². The molecule has 2 amide bonds. The van der Waals surface area contributed by atoms with E-state index >= 15 is 0 Å². The van der Waals surface area contributed by atoms with Crippen LogP contribution in [-0.2, 0) is 27.5 Å². The lowest BCUT2D eigenvalue weighted by molar-refractivity contribution is -0.128. The monoisotopic (exact) mass is 517 g/mol. The van der Waals surface area contributed by atoms with E-state index in [1.165, 1.54) is 28.9 Å². The van der Waals surface area contributed by atoms with Crippen LogP contribution < -0.4 is 15.4 Å². The summed E-state index contributed by atoms with van der Waals surface area (Å²) in [5, 5.41) is 9.73. The van der Waals surface area contributed by atoms with Gasteiger partial charge in [0.15, 0.2) is 0 Å². The van der Waals surface area contributed by atoms with Gasteiger partial charge in [-0.3, -0.25) is 9.59 Å². The van der Waals surface area contributed by atoms with Crippen molar-refractivity contribution in [1.29, 1.82) is 0 Å². The fraction of sp³-hybridized carbons (Fsp3) is 0.214. The van der Waals surface area contributed by atoms with Crippen LogP contribution in [0.25, 0.3) is 0 Å². The first-order valence-electron chi connectivity index (χ1n) is 12.0. The summed E-state index contributed by atoms with van der Waals surface area (Å²) in [7, 11) is 0. The highest BCUT2D eigenvalue weighted by molar-refractivity contribution is 5.97. The number of halogens is 1. The van der Waals surface area contributed by atoms with Gasteiger partial charge in [-0.15, -0.1) is 0 Å². The number of carbonyl (C=O) groups is 2. The van der Waals surface area contributed by atoms with Crippen LogP contribution in [0.4, 0.5) is 10.1 Å². The molecule has 0 bridgehead atoms. The first-order valence-corrected chi connectivity index (χ1v) is 12.0. The van der Waals surface area contributed by atoms with E-state index in [2.05, 4.69) is 20.7 Å². The fourth-order valence-electron chi connectivity index (χ4n) is 3.61. The van der Waals surface area contributed by atoms with Gasteiger partial charge in [-0.1, -0.05) is 30.3 Å². The third kappa shape index (κ3) is 7.71. The number of aryl methyl sites for hydroxylation is 2. The summed E-state index contributed by atoms with van der Waals surface area (Å²) in [5.74, 6) is 0.971. The molecule has 196 valence electrons. The van der Waals surface area contributed by atoms with Crippen molar-refractivity contribution < 1.29 is 23.5 Å². The second-order valence-electron chi connectivity index (χ2n) is 8.55. The summed E-state index contributed by atoms with van der Waals surface area (Å²) >= 11 is 0. The van der Waals surface area contributed by atoms with Crippen molar-refractivity contribution in [3.8, 4) is 11.5 Å². The molecule has 1 heterocycles. The van der Waals surface area contributed by atoms with Gasteiger partial charge < -0.3 is 20.1 Å². The molecule has 4 rings (SSSR count). The number of aromatic nitrogens is 3. The molecule has 0 aliphatic rings. The highest BCUT2D eigenvalue weighted by atomic mass is 19.1. The number of amides is 2. The summed E-state index contributed by atoms with van der Waals surface area (Å²) in [4.78, 5) is 30.0. The molecule has 0 radical (unpaired) electrons. The molecule has 0 aliphatic heterocycles. The molecular formula is C28H28FN5O4. The molecule has 0 fully saturated rings.